The lowest BCUT2D eigenvalue weighted by molar-refractivity contribution is -0.00246. The molecule has 1 aromatic carbocycles. The van der Waals surface area contributed by atoms with Crippen molar-refractivity contribution in [3.05, 3.63) is 30.1 Å². The van der Waals surface area contributed by atoms with Crippen molar-refractivity contribution in [2.45, 2.75) is 29.3 Å². The van der Waals surface area contributed by atoms with Crippen LogP contribution in [0.5, 0.6) is 0 Å². The Morgan fingerprint density at radius 2 is 2.00 bits per heavy atom. The third-order valence-electron chi connectivity index (χ3n) is 4.36. The van der Waals surface area contributed by atoms with Gasteiger partial charge in [0, 0.05) is 31.6 Å². The first kappa shape index (κ1) is 16.7. The molecule has 1 aromatic rings. The normalized spacial score (nSPS) is 26.3. The smallest absolute Gasteiger partial charge is 0.262 e. The molecule has 0 amide bonds. The van der Waals surface area contributed by atoms with Crippen LogP contribution in [0.3, 0.4) is 0 Å². The summed E-state index contributed by atoms with van der Waals surface area (Å²) in [6.07, 6.45) is -0.420. The third-order valence-corrected chi connectivity index (χ3v) is 6.19. The van der Waals surface area contributed by atoms with Crippen LogP contribution in [0.25, 0.3) is 0 Å². The Kier molecular flexibility index (Phi) is 4.16. The summed E-state index contributed by atoms with van der Waals surface area (Å²) in [5, 5.41) is 9.22. The van der Waals surface area contributed by atoms with Crippen LogP contribution >= 0.6 is 0 Å². The summed E-state index contributed by atoms with van der Waals surface area (Å²) in [6.45, 7) is -0.740. The average Bonchev–Trinajstić information content (AvgIpc) is 2.72. The first-order valence-electron chi connectivity index (χ1n) is 7.23. The van der Waals surface area contributed by atoms with Crippen molar-refractivity contribution in [2.24, 2.45) is 0 Å². The van der Waals surface area contributed by atoms with Crippen molar-refractivity contribution in [3.8, 4) is 0 Å². The van der Waals surface area contributed by atoms with E-state index in [4.69, 9.17) is 0 Å². The first-order valence-corrected chi connectivity index (χ1v) is 8.67. The van der Waals surface area contributed by atoms with Gasteiger partial charge in [-0.25, -0.2) is 21.6 Å². The molecular weight excluding hydrogens is 333 g/mol. The number of nitrogens with zero attached hydrogens (tertiary/aromatic N) is 2. The third kappa shape index (κ3) is 3.10. The van der Waals surface area contributed by atoms with E-state index in [0.29, 0.717) is 0 Å². The molecule has 9 heteroatoms. The van der Waals surface area contributed by atoms with Gasteiger partial charge in [0.1, 0.15) is 5.82 Å². The quantitative estimate of drug-likeness (QED) is 0.877. The van der Waals surface area contributed by atoms with Gasteiger partial charge in [-0.1, -0.05) is 6.07 Å². The van der Waals surface area contributed by atoms with Crippen LogP contribution in [0.4, 0.5) is 13.2 Å². The predicted octanol–water partition coefficient (Wildman–Crippen LogP) is 0.901. The highest BCUT2D eigenvalue weighted by Gasteiger charge is 2.51. The van der Waals surface area contributed by atoms with Gasteiger partial charge in [0.05, 0.1) is 18.0 Å². The molecule has 0 saturated carbocycles. The summed E-state index contributed by atoms with van der Waals surface area (Å²) in [5.74, 6) is -3.52. The Morgan fingerprint density at radius 1 is 1.30 bits per heavy atom. The minimum atomic E-state index is -3.82. The summed E-state index contributed by atoms with van der Waals surface area (Å²) in [4.78, 5) is 1.32. The molecule has 0 spiro atoms. The van der Waals surface area contributed by atoms with Crippen molar-refractivity contribution in [3.63, 3.8) is 0 Å². The molecule has 0 bridgehead atoms. The highest BCUT2D eigenvalue weighted by molar-refractivity contribution is 7.89. The van der Waals surface area contributed by atoms with Crippen LogP contribution in [0.1, 0.15) is 6.42 Å². The van der Waals surface area contributed by atoms with Crippen LogP contribution in [0, 0.1) is 5.82 Å². The number of aliphatic hydroxyl groups excluding tert-OH is 1. The van der Waals surface area contributed by atoms with Gasteiger partial charge in [0.2, 0.25) is 10.0 Å². The number of sulfonamides is 1. The monoisotopic (exact) mass is 350 g/mol. The number of alkyl halides is 2. The zero-order valence-electron chi connectivity index (χ0n) is 12.2. The van der Waals surface area contributed by atoms with Gasteiger partial charge in [0.25, 0.3) is 5.92 Å². The predicted molar refractivity (Wildman–Crippen MR) is 76.1 cm³/mol. The molecule has 1 atom stereocenters. The van der Waals surface area contributed by atoms with E-state index in [0.717, 1.165) is 16.4 Å². The van der Waals surface area contributed by atoms with Gasteiger partial charge in [0.15, 0.2) is 0 Å². The van der Waals surface area contributed by atoms with E-state index >= 15 is 0 Å². The molecule has 0 aliphatic carbocycles. The standard InChI is InChI=1S/C14H17F3N2O3S/c15-10-2-1-3-13(4-10)23(21,22)18-6-12(7-18)19-9-14(16,17)5-11(19)8-20/h1-4,11-12,20H,5-9H2/t11-/m0/s1. The van der Waals surface area contributed by atoms with Crippen LogP contribution in [-0.2, 0) is 10.0 Å². The lowest BCUT2D eigenvalue weighted by Crippen LogP contribution is -2.62. The zero-order chi connectivity index (χ0) is 16.8. The molecule has 2 heterocycles. The SMILES string of the molecule is O=S(=O)(c1cccc(F)c1)N1CC(N2CC(F)(F)C[C@H]2CO)C1. The number of hydrogen-bond donors (Lipinski definition) is 1. The molecule has 0 unspecified atom stereocenters. The molecule has 0 aromatic heterocycles. The van der Waals surface area contributed by atoms with Gasteiger partial charge >= 0.3 is 0 Å². The molecule has 23 heavy (non-hydrogen) atoms. The lowest BCUT2D eigenvalue weighted by atomic mass is 10.1. The van der Waals surface area contributed by atoms with Crippen LogP contribution < -0.4 is 0 Å². The molecule has 128 valence electrons. The molecular formula is C14H17F3N2O3S. The molecule has 0 radical (unpaired) electrons. The first-order chi connectivity index (χ1) is 10.7. The van der Waals surface area contributed by atoms with Gasteiger partial charge in [-0.2, -0.15) is 4.31 Å². The zero-order valence-corrected chi connectivity index (χ0v) is 13.0. The number of rotatable bonds is 4. The van der Waals surface area contributed by atoms with Crippen LogP contribution in [0.15, 0.2) is 29.2 Å². The van der Waals surface area contributed by atoms with Crippen molar-refractivity contribution in [1.82, 2.24) is 9.21 Å². The van der Waals surface area contributed by atoms with Crippen LogP contribution in [0.2, 0.25) is 0 Å². The fourth-order valence-electron chi connectivity index (χ4n) is 3.12. The average molecular weight is 350 g/mol. The van der Waals surface area contributed by atoms with E-state index in [1.807, 2.05) is 0 Å². The highest BCUT2D eigenvalue weighted by Crippen LogP contribution is 2.36. The fraction of sp³-hybridized carbons (Fsp3) is 0.571. The maximum Gasteiger partial charge on any atom is 0.262 e. The molecule has 2 fully saturated rings. The Labute approximate surface area is 132 Å². The number of halogens is 3. The summed E-state index contributed by atoms with van der Waals surface area (Å²) in [6, 6.07) is 3.67. The van der Waals surface area contributed by atoms with Gasteiger partial charge in [-0.05, 0) is 18.2 Å². The number of hydrogen-bond acceptors (Lipinski definition) is 4. The fourth-order valence-corrected chi connectivity index (χ4v) is 4.67. The van der Waals surface area contributed by atoms with Crippen LogP contribution in [-0.4, -0.2) is 67.0 Å². The summed E-state index contributed by atoms with van der Waals surface area (Å²) >= 11 is 0. The lowest BCUT2D eigenvalue weighted by Gasteiger charge is -2.44. The maximum absolute atomic E-state index is 13.5. The Balaban J connectivity index is 1.69. The van der Waals surface area contributed by atoms with E-state index in [2.05, 4.69) is 0 Å². The largest absolute Gasteiger partial charge is 0.395 e. The van der Waals surface area contributed by atoms with E-state index in [1.54, 1.807) is 0 Å². The van der Waals surface area contributed by atoms with Gasteiger partial charge < -0.3 is 5.11 Å². The van der Waals surface area contributed by atoms with Gasteiger partial charge in [-0.15, -0.1) is 0 Å². The second kappa shape index (κ2) is 5.73. The summed E-state index contributed by atoms with van der Waals surface area (Å²) in [5.41, 5.74) is 0. The molecule has 2 aliphatic heterocycles. The molecule has 5 nitrogen and oxygen atoms in total. The van der Waals surface area contributed by atoms with Crippen molar-refractivity contribution < 1.29 is 26.7 Å². The Morgan fingerprint density at radius 3 is 2.61 bits per heavy atom. The molecule has 1 N–H and O–H groups in total. The Bertz CT molecular complexity index is 692. The minimum Gasteiger partial charge on any atom is -0.395 e. The maximum atomic E-state index is 13.5. The second-order valence-electron chi connectivity index (χ2n) is 6.00. The Hall–Kier alpha value is -1.16. The van der Waals surface area contributed by atoms with E-state index < -0.39 is 40.8 Å². The highest BCUT2D eigenvalue weighted by atomic mass is 32.2. The van der Waals surface area contributed by atoms with E-state index in [-0.39, 0.29) is 30.6 Å². The van der Waals surface area contributed by atoms with Gasteiger partial charge in [-0.3, -0.25) is 4.90 Å². The van der Waals surface area contributed by atoms with Crippen molar-refractivity contribution in [1.29, 1.82) is 0 Å². The minimum absolute atomic E-state index is 0.0609. The summed E-state index contributed by atoms with van der Waals surface area (Å²) < 4.78 is 66.0. The number of aliphatic hydroxyl groups is 1. The summed E-state index contributed by atoms with van der Waals surface area (Å²) in [7, 11) is -3.82. The van der Waals surface area contributed by atoms with Crippen molar-refractivity contribution in [2.75, 3.05) is 26.2 Å². The number of benzene rings is 1. The second-order valence-corrected chi connectivity index (χ2v) is 7.94. The van der Waals surface area contributed by atoms with E-state index in [1.165, 1.54) is 17.0 Å². The number of likely N-dealkylation sites (tertiary alicyclic amines) is 1. The van der Waals surface area contributed by atoms with Crippen molar-refractivity contribution >= 4 is 10.0 Å². The molecule has 3 rings (SSSR count). The topological polar surface area (TPSA) is 60.9 Å². The molecule has 2 saturated heterocycles. The van der Waals surface area contributed by atoms with E-state index in [9.17, 15) is 26.7 Å². The molecule has 2 aliphatic rings.